The predicted molar refractivity (Wildman–Crippen MR) is 54.9 cm³/mol. The van der Waals surface area contributed by atoms with E-state index in [0.717, 1.165) is 5.56 Å². The fraction of sp³-hybridized carbons (Fsp3) is 0.364. The van der Waals surface area contributed by atoms with Crippen LogP contribution in [0.15, 0.2) is 18.2 Å². The first-order valence-electron chi connectivity index (χ1n) is 4.59. The highest BCUT2D eigenvalue weighted by Crippen LogP contribution is 2.24. The van der Waals surface area contributed by atoms with E-state index in [1.807, 2.05) is 6.92 Å². The highest BCUT2D eigenvalue weighted by Gasteiger charge is 2.13. The molecule has 1 aromatic rings. The van der Waals surface area contributed by atoms with Crippen LogP contribution in [0.5, 0.6) is 5.75 Å². The molecule has 0 saturated carbocycles. The summed E-state index contributed by atoms with van der Waals surface area (Å²) >= 11 is 0. The zero-order valence-electron chi connectivity index (χ0n) is 8.73. The van der Waals surface area contributed by atoms with Gasteiger partial charge in [-0.25, -0.2) is 0 Å². The molecule has 0 radical (unpaired) electrons. The summed E-state index contributed by atoms with van der Waals surface area (Å²) in [5.41, 5.74) is 1.50. The van der Waals surface area contributed by atoms with Gasteiger partial charge in [-0.1, -0.05) is 12.1 Å². The van der Waals surface area contributed by atoms with E-state index in [1.54, 1.807) is 18.2 Å². The lowest BCUT2D eigenvalue weighted by Crippen LogP contribution is -2.05. The zero-order chi connectivity index (χ0) is 11.4. The molecule has 0 saturated heterocycles. The van der Waals surface area contributed by atoms with Gasteiger partial charge >= 0.3 is 5.97 Å². The van der Waals surface area contributed by atoms with Crippen LogP contribution in [0.25, 0.3) is 0 Å². The number of carbonyl (C=O) groups is 1. The lowest BCUT2D eigenvalue weighted by Gasteiger charge is -2.11. The summed E-state index contributed by atoms with van der Waals surface area (Å²) in [5, 5.41) is 18.1. The van der Waals surface area contributed by atoms with E-state index in [9.17, 15) is 9.90 Å². The molecule has 0 aliphatic heterocycles. The summed E-state index contributed by atoms with van der Waals surface area (Å²) in [7, 11) is 1.54. The molecule has 0 heterocycles. The molecule has 4 heteroatoms. The Hall–Kier alpha value is -1.55. The van der Waals surface area contributed by atoms with Gasteiger partial charge in [-0.05, 0) is 24.1 Å². The van der Waals surface area contributed by atoms with Crippen molar-refractivity contribution in [3.05, 3.63) is 29.3 Å². The van der Waals surface area contributed by atoms with Crippen LogP contribution in [0.1, 0.15) is 23.7 Å². The number of aliphatic hydroxyl groups excluding tert-OH is 1. The Bertz CT molecular complexity index is 360. The molecule has 0 bridgehead atoms. The predicted octanol–water partition coefficient (Wildman–Crippen LogP) is 1.51. The van der Waals surface area contributed by atoms with Crippen molar-refractivity contribution in [1.29, 1.82) is 0 Å². The first-order valence-corrected chi connectivity index (χ1v) is 4.59. The third-order valence-electron chi connectivity index (χ3n) is 2.18. The van der Waals surface area contributed by atoms with Gasteiger partial charge in [0, 0.05) is 0 Å². The molecule has 0 aromatic heterocycles. The number of benzene rings is 1. The molecule has 1 aromatic carbocycles. The largest absolute Gasteiger partial charge is 0.496 e. The van der Waals surface area contributed by atoms with Crippen molar-refractivity contribution < 1.29 is 19.7 Å². The van der Waals surface area contributed by atoms with Crippen molar-refractivity contribution in [2.45, 2.75) is 19.4 Å². The normalized spacial score (nSPS) is 12.2. The molecule has 0 spiro atoms. The third kappa shape index (κ3) is 2.95. The van der Waals surface area contributed by atoms with E-state index in [0.29, 0.717) is 11.3 Å². The molecule has 0 aliphatic rings. The van der Waals surface area contributed by atoms with Crippen LogP contribution in [0.2, 0.25) is 0 Å². The molecule has 82 valence electrons. The van der Waals surface area contributed by atoms with Crippen LogP contribution in [0, 0.1) is 6.92 Å². The van der Waals surface area contributed by atoms with E-state index in [2.05, 4.69) is 0 Å². The number of ether oxygens (including phenoxy) is 1. The summed E-state index contributed by atoms with van der Waals surface area (Å²) in [5.74, 6) is -0.376. The number of methoxy groups -OCH3 is 1. The second kappa shape index (κ2) is 4.79. The number of aliphatic hydroxyl groups is 1. The summed E-state index contributed by atoms with van der Waals surface area (Å²) < 4.78 is 5.08. The highest BCUT2D eigenvalue weighted by atomic mass is 16.5. The fourth-order valence-corrected chi connectivity index (χ4v) is 1.33. The molecule has 4 nitrogen and oxygen atoms in total. The minimum atomic E-state index is -1.03. The van der Waals surface area contributed by atoms with Gasteiger partial charge in [0.1, 0.15) is 5.75 Å². The van der Waals surface area contributed by atoms with Crippen LogP contribution >= 0.6 is 0 Å². The van der Waals surface area contributed by atoms with Crippen LogP contribution in [-0.2, 0) is 4.79 Å². The second-order valence-corrected chi connectivity index (χ2v) is 3.34. The first kappa shape index (κ1) is 11.5. The summed E-state index contributed by atoms with van der Waals surface area (Å²) in [6.07, 6.45) is -1.29. The fourth-order valence-electron chi connectivity index (χ4n) is 1.33. The Morgan fingerprint density at radius 3 is 2.73 bits per heavy atom. The number of carboxylic acid groups (broad SMARTS) is 1. The summed E-state index contributed by atoms with van der Waals surface area (Å²) in [4.78, 5) is 10.4. The molecule has 1 atom stereocenters. The number of hydrogen-bond donors (Lipinski definition) is 2. The standard InChI is InChI=1S/C11H14O4/c1-7-3-4-8(5-10(7)15-2)9(12)6-11(13)14/h3-5,9,12H,6H2,1-2H3,(H,13,14)/t9-/m0/s1. The molecule has 0 aliphatic carbocycles. The third-order valence-corrected chi connectivity index (χ3v) is 2.18. The van der Waals surface area contributed by atoms with Crippen molar-refractivity contribution in [3.63, 3.8) is 0 Å². The van der Waals surface area contributed by atoms with Crippen molar-refractivity contribution >= 4 is 5.97 Å². The SMILES string of the molecule is COc1cc([C@@H](O)CC(=O)O)ccc1C. The Kier molecular flexibility index (Phi) is 3.68. The van der Waals surface area contributed by atoms with Crippen molar-refractivity contribution in [3.8, 4) is 5.75 Å². The van der Waals surface area contributed by atoms with E-state index in [4.69, 9.17) is 9.84 Å². The van der Waals surface area contributed by atoms with Crippen LogP contribution in [0.3, 0.4) is 0 Å². The van der Waals surface area contributed by atoms with Gasteiger partial charge in [0.05, 0.1) is 19.6 Å². The minimum absolute atomic E-state index is 0.299. The topological polar surface area (TPSA) is 66.8 Å². The average Bonchev–Trinajstić information content (AvgIpc) is 2.17. The van der Waals surface area contributed by atoms with E-state index >= 15 is 0 Å². The maximum absolute atomic E-state index is 10.4. The number of aryl methyl sites for hydroxylation is 1. The molecule has 0 unspecified atom stereocenters. The van der Waals surface area contributed by atoms with Crippen molar-refractivity contribution in [1.82, 2.24) is 0 Å². The molecule has 0 amide bonds. The Balaban J connectivity index is 2.90. The van der Waals surface area contributed by atoms with Crippen LogP contribution in [0.4, 0.5) is 0 Å². The monoisotopic (exact) mass is 210 g/mol. The van der Waals surface area contributed by atoms with E-state index in [1.165, 1.54) is 7.11 Å². The van der Waals surface area contributed by atoms with Gasteiger partial charge in [0.25, 0.3) is 0 Å². The van der Waals surface area contributed by atoms with Gasteiger partial charge in [-0.2, -0.15) is 0 Å². The lowest BCUT2D eigenvalue weighted by molar-refractivity contribution is -0.139. The van der Waals surface area contributed by atoms with Gasteiger partial charge in [0.15, 0.2) is 0 Å². The quantitative estimate of drug-likeness (QED) is 0.790. The maximum atomic E-state index is 10.4. The molecule has 1 rings (SSSR count). The average molecular weight is 210 g/mol. The summed E-state index contributed by atoms with van der Waals surface area (Å²) in [6, 6.07) is 5.15. The minimum Gasteiger partial charge on any atom is -0.496 e. The maximum Gasteiger partial charge on any atom is 0.306 e. The van der Waals surface area contributed by atoms with Gasteiger partial charge < -0.3 is 14.9 Å². The Morgan fingerprint density at radius 2 is 2.20 bits per heavy atom. The van der Waals surface area contributed by atoms with Gasteiger partial charge in [-0.15, -0.1) is 0 Å². The van der Waals surface area contributed by atoms with Crippen molar-refractivity contribution in [2.75, 3.05) is 7.11 Å². The first-order chi connectivity index (χ1) is 7.04. The number of carboxylic acids is 1. The van der Waals surface area contributed by atoms with E-state index in [-0.39, 0.29) is 6.42 Å². The van der Waals surface area contributed by atoms with Gasteiger partial charge in [-0.3, -0.25) is 4.79 Å². The molecule has 0 fully saturated rings. The second-order valence-electron chi connectivity index (χ2n) is 3.34. The van der Waals surface area contributed by atoms with Crippen molar-refractivity contribution in [2.24, 2.45) is 0 Å². The molecule has 15 heavy (non-hydrogen) atoms. The Morgan fingerprint density at radius 1 is 1.53 bits per heavy atom. The van der Waals surface area contributed by atoms with E-state index < -0.39 is 12.1 Å². The molecular formula is C11H14O4. The number of aliphatic carboxylic acids is 1. The highest BCUT2D eigenvalue weighted by molar-refractivity contribution is 5.67. The van der Waals surface area contributed by atoms with Gasteiger partial charge in [0.2, 0.25) is 0 Å². The lowest BCUT2D eigenvalue weighted by atomic mass is 10.0. The molecule has 2 N–H and O–H groups in total. The number of rotatable bonds is 4. The Labute approximate surface area is 88.1 Å². The smallest absolute Gasteiger partial charge is 0.306 e. The van der Waals surface area contributed by atoms with Crippen LogP contribution < -0.4 is 4.74 Å². The summed E-state index contributed by atoms with van der Waals surface area (Å²) in [6.45, 7) is 1.88. The molecular weight excluding hydrogens is 196 g/mol. The van der Waals surface area contributed by atoms with Crippen LogP contribution in [-0.4, -0.2) is 23.3 Å². The number of hydrogen-bond acceptors (Lipinski definition) is 3. The zero-order valence-corrected chi connectivity index (χ0v) is 8.73.